The first-order chi connectivity index (χ1) is 7.74. The summed E-state index contributed by atoms with van der Waals surface area (Å²) in [6, 6.07) is 5.91. The van der Waals surface area contributed by atoms with E-state index in [0.29, 0.717) is 0 Å². The van der Waals surface area contributed by atoms with E-state index in [4.69, 9.17) is 5.73 Å². The molecule has 0 radical (unpaired) electrons. The minimum absolute atomic E-state index is 0.732. The van der Waals surface area contributed by atoms with Gasteiger partial charge in [-0.25, -0.2) is 0 Å². The van der Waals surface area contributed by atoms with E-state index in [1.165, 1.54) is 11.3 Å². The van der Waals surface area contributed by atoms with Gasteiger partial charge in [0.25, 0.3) is 0 Å². The van der Waals surface area contributed by atoms with Gasteiger partial charge in [-0.2, -0.15) is 9.61 Å². The van der Waals surface area contributed by atoms with E-state index in [1.54, 1.807) is 10.8 Å². The zero-order chi connectivity index (χ0) is 11.1. The number of rotatable bonds is 1. The first-order valence-corrected chi connectivity index (χ1v) is 5.59. The van der Waals surface area contributed by atoms with Crippen molar-refractivity contribution in [3.05, 3.63) is 30.1 Å². The number of nitrogens with two attached hydrogens (primary N) is 1. The molecule has 0 amide bonds. The van der Waals surface area contributed by atoms with Crippen LogP contribution in [0.4, 0.5) is 5.69 Å². The van der Waals surface area contributed by atoms with E-state index in [9.17, 15) is 0 Å². The standard InChI is InChI=1S/C10H9N5S/c1-6-2-3-8(11)7(4-6)9-14-15-5-12-13-10(15)16-9/h2-5H,11H2,1H3. The first-order valence-electron chi connectivity index (χ1n) is 4.77. The Morgan fingerprint density at radius 2 is 2.25 bits per heavy atom. The SMILES string of the molecule is Cc1ccc(N)c(-c2nn3cnnc3s2)c1. The highest BCUT2D eigenvalue weighted by Gasteiger charge is 2.10. The van der Waals surface area contributed by atoms with E-state index < -0.39 is 0 Å². The Hall–Kier alpha value is -1.95. The Bertz CT molecular complexity index is 626. The summed E-state index contributed by atoms with van der Waals surface area (Å²) in [5.41, 5.74) is 8.78. The van der Waals surface area contributed by atoms with Gasteiger partial charge < -0.3 is 5.73 Å². The second-order valence-corrected chi connectivity index (χ2v) is 4.51. The molecule has 0 aliphatic carbocycles. The van der Waals surface area contributed by atoms with Crippen molar-refractivity contribution in [2.75, 3.05) is 5.73 Å². The fourth-order valence-corrected chi connectivity index (χ4v) is 2.38. The Morgan fingerprint density at radius 3 is 3.06 bits per heavy atom. The molecule has 0 spiro atoms. The van der Waals surface area contributed by atoms with Crippen LogP contribution in [0.1, 0.15) is 5.56 Å². The summed E-state index contributed by atoms with van der Waals surface area (Å²) in [7, 11) is 0. The van der Waals surface area contributed by atoms with Crippen LogP contribution in [0.15, 0.2) is 24.5 Å². The number of hydrogen-bond donors (Lipinski definition) is 1. The van der Waals surface area contributed by atoms with Gasteiger partial charge in [0.05, 0.1) is 0 Å². The summed E-state index contributed by atoms with van der Waals surface area (Å²) in [4.78, 5) is 0.774. The summed E-state index contributed by atoms with van der Waals surface area (Å²) in [6.07, 6.45) is 1.58. The molecule has 6 heteroatoms. The summed E-state index contributed by atoms with van der Waals surface area (Å²) < 4.78 is 1.65. The summed E-state index contributed by atoms with van der Waals surface area (Å²) in [6.45, 7) is 2.03. The summed E-state index contributed by atoms with van der Waals surface area (Å²) >= 11 is 1.48. The zero-order valence-corrected chi connectivity index (χ0v) is 9.40. The Morgan fingerprint density at radius 1 is 1.38 bits per heavy atom. The second-order valence-electron chi connectivity index (χ2n) is 3.56. The normalized spacial score (nSPS) is 11.1. The fraction of sp³-hybridized carbons (Fsp3) is 0.100. The van der Waals surface area contributed by atoms with Gasteiger partial charge in [0.2, 0.25) is 4.96 Å². The van der Waals surface area contributed by atoms with Crippen LogP contribution in [0.25, 0.3) is 15.5 Å². The summed E-state index contributed by atoms with van der Waals surface area (Å²) in [5.74, 6) is 0. The molecule has 16 heavy (non-hydrogen) atoms. The molecule has 1 aromatic carbocycles. The molecule has 3 rings (SSSR count). The molecule has 0 unspecified atom stereocenters. The van der Waals surface area contributed by atoms with Crippen LogP contribution in [-0.4, -0.2) is 19.8 Å². The molecule has 0 aliphatic rings. The van der Waals surface area contributed by atoms with Crippen LogP contribution in [0.2, 0.25) is 0 Å². The number of anilines is 1. The van der Waals surface area contributed by atoms with E-state index in [2.05, 4.69) is 15.3 Å². The van der Waals surface area contributed by atoms with E-state index in [1.807, 2.05) is 25.1 Å². The van der Waals surface area contributed by atoms with Crippen molar-refractivity contribution in [3.63, 3.8) is 0 Å². The molecule has 0 saturated carbocycles. The molecule has 80 valence electrons. The Kier molecular flexibility index (Phi) is 1.90. The van der Waals surface area contributed by atoms with Crippen molar-refractivity contribution in [2.24, 2.45) is 0 Å². The highest BCUT2D eigenvalue weighted by Crippen LogP contribution is 2.30. The molecular formula is C10H9N5S. The molecule has 2 N–H and O–H groups in total. The number of fused-ring (bicyclic) bond motifs is 1. The molecule has 5 nitrogen and oxygen atoms in total. The molecule has 3 aromatic rings. The fourth-order valence-electron chi connectivity index (χ4n) is 1.52. The molecule has 0 fully saturated rings. The number of nitrogen functional groups attached to an aromatic ring is 1. The number of aryl methyl sites for hydroxylation is 1. The van der Waals surface area contributed by atoms with Gasteiger partial charge in [-0.3, -0.25) is 0 Å². The maximum atomic E-state index is 5.93. The number of nitrogens with zero attached hydrogens (tertiary/aromatic N) is 4. The van der Waals surface area contributed by atoms with Crippen LogP contribution < -0.4 is 5.73 Å². The molecule has 0 saturated heterocycles. The molecule has 0 bridgehead atoms. The third kappa shape index (κ3) is 1.35. The van der Waals surface area contributed by atoms with Crippen molar-refractivity contribution in [1.29, 1.82) is 0 Å². The maximum Gasteiger partial charge on any atom is 0.234 e. The lowest BCUT2D eigenvalue weighted by Crippen LogP contribution is -1.91. The number of aromatic nitrogens is 4. The number of hydrogen-bond acceptors (Lipinski definition) is 5. The van der Waals surface area contributed by atoms with Crippen LogP contribution in [0.3, 0.4) is 0 Å². The lowest BCUT2D eigenvalue weighted by Gasteiger charge is -2.02. The van der Waals surface area contributed by atoms with Crippen molar-refractivity contribution in [1.82, 2.24) is 19.8 Å². The van der Waals surface area contributed by atoms with Gasteiger partial charge in [-0.1, -0.05) is 23.0 Å². The lowest BCUT2D eigenvalue weighted by atomic mass is 10.1. The molecular weight excluding hydrogens is 222 g/mol. The van der Waals surface area contributed by atoms with Crippen LogP contribution in [0, 0.1) is 6.92 Å². The first kappa shape index (κ1) is 9.29. The quantitative estimate of drug-likeness (QED) is 0.648. The topological polar surface area (TPSA) is 69.1 Å². The third-order valence-corrected chi connectivity index (χ3v) is 3.27. The van der Waals surface area contributed by atoms with E-state index in [0.717, 1.165) is 26.8 Å². The van der Waals surface area contributed by atoms with Crippen molar-refractivity contribution in [2.45, 2.75) is 6.92 Å². The van der Waals surface area contributed by atoms with Gasteiger partial charge in [0.15, 0.2) is 0 Å². The highest BCUT2D eigenvalue weighted by atomic mass is 32.1. The van der Waals surface area contributed by atoms with E-state index >= 15 is 0 Å². The Balaban J connectivity index is 2.22. The van der Waals surface area contributed by atoms with Crippen molar-refractivity contribution in [3.8, 4) is 10.6 Å². The minimum Gasteiger partial charge on any atom is -0.398 e. The highest BCUT2D eigenvalue weighted by molar-refractivity contribution is 7.19. The molecule has 2 aromatic heterocycles. The smallest absolute Gasteiger partial charge is 0.234 e. The monoisotopic (exact) mass is 231 g/mol. The Labute approximate surface area is 95.5 Å². The van der Waals surface area contributed by atoms with Crippen LogP contribution in [-0.2, 0) is 0 Å². The average Bonchev–Trinajstić information content (AvgIpc) is 2.81. The lowest BCUT2D eigenvalue weighted by molar-refractivity contribution is 0.960. The second kappa shape index (κ2) is 3.28. The van der Waals surface area contributed by atoms with Gasteiger partial charge in [0.1, 0.15) is 11.3 Å². The van der Waals surface area contributed by atoms with E-state index in [-0.39, 0.29) is 0 Å². The van der Waals surface area contributed by atoms with Crippen LogP contribution in [0.5, 0.6) is 0 Å². The van der Waals surface area contributed by atoms with Gasteiger partial charge in [-0.05, 0) is 19.1 Å². The van der Waals surface area contributed by atoms with Gasteiger partial charge in [0, 0.05) is 11.3 Å². The van der Waals surface area contributed by atoms with Gasteiger partial charge in [-0.15, -0.1) is 10.2 Å². The van der Waals surface area contributed by atoms with Crippen LogP contribution >= 0.6 is 11.3 Å². The third-order valence-electron chi connectivity index (χ3n) is 2.33. The largest absolute Gasteiger partial charge is 0.398 e. The maximum absolute atomic E-state index is 5.93. The van der Waals surface area contributed by atoms with Gasteiger partial charge >= 0.3 is 0 Å². The summed E-state index contributed by atoms with van der Waals surface area (Å²) in [5, 5.41) is 13.0. The predicted molar refractivity (Wildman–Crippen MR) is 63.2 cm³/mol. The van der Waals surface area contributed by atoms with Crippen molar-refractivity contribution < 1.29 is 0 Å². The molecule has 2 heterocycles. The molecule has 0 atom stereocenters. The minimum atomic E-state index is 0.732. The van der Waals surface area contributed by atoms with Crippen molar-refractivity contribution >= 4 is 22.0 Å². The predicted octanol–water partition coefficient (Wildman–Crippen LogP) is 1.74. The molecule has 0 aliphatic heterocycles. The zero-order valence-electron chi connectivity index (χ0n) is 8.58. The average molecular weight is 231 g/mol. The number of benzene rings is 1.